The van der Waals surface area contributed by atoms with Crippen LogP contribution in [0.1, 0.15) is 64.4 Å². The van der Waals surface area contributed by atoms with E-state index in [1.165, 1.54) is 37.7 Å². The van der Waals surface area contributed by atoms with Gasteiger partial charge in [0.25, 0.3) is 0 Å². The van der Waals surface area contributed by atoms with Gasteiger partial charge < -0.3 is 5.32 Å². The zero-order valence-electron chi connectivity index (χ0n) is 13.2. The Bertz CT molecular complexity index is 423. The Labute approximate surface area is 124 Å². The predicted molar refractivity (Wildman–Crippen MR) is 85.9 cm³/mol. The fourth-order valence-corrected chi connectivity index (χ4v) is 3.88. The molecule has 1 heteroatoms. The molecule has 110 valence electrons. The highest BCUT2D eigenvalue weighted by Crippen LogP contribution is 2.43. The van der Waals surface area contributed by atoms with Crippen molar-refractivity contribution in [3.63, 3.8) is 0 Å². The maximum atomic E-state index is 3.91. The third kappa shape index (κ3) is 3.25. The molecule has 0 heterocycles. The Morgan fingerprint density at radius 3 is 2.20 bits per heavy atom. The fourth-order valence-electron chi connectivity index (χ4n) is 3.88. The van der Waals surface area contributed by atoms with Gasteiger partial charge in [0.05, 0.1) is 0 Å². The topological polar surface area (TPSA) is 12.0 Å². The molecule has 1 nitrogen and oxygen atoms in total. The van der Waals surface area contributed by atoms with Crippen LogP contribution in [0.25, 0.3) is 0 Å². The average Bonchev–Trinajstić information content (AvgIpc) is 3.19. The Morgan fingerprint density at radius 1 is 0.950 bits per heavy atom. The van der Waals surface area contributed by atoms with Crippen molar-refractivity contribution in [1.29, 1.82) is 0 Å². The van der Waals surface area contributed by atoms with Gasteiger partial charge >= 0.3 is 0 Å². The molecule has 20 heavy (non-hydrogen) atoms. The van der Waals surface area contributed by atoms with Crippen LogP contribution in [0.2, 0.25) is 0 Å². The minimum absolute atomic E-state index is 0.497. The monoisotopic (exact) mass is 271 g/mol. The average molecular weight is 271 g/mol. The molecule has 2 unspecified atom stereocenters. The molecule has 0 saturated heterocycles. The van der Waals surface area contributed by atoms with Gasteiger partial charge in [0, 0.05) is 18.0 Å². The molecule has 1 N–H and O–H groups in total. The fraction of sp³-hybridized carbons (Fsp3) is 0.684. The highest BCUT2D eigenvalue weighted by atomic mass is 15.0. The van der Waals surface area contributed by atoms with Gasteiger partial charge in [-0.2, -0.15) is 0 Å². The lowest BCUT2D eigenvalue weighted by atomic mass is 9.71. The second kappa shape index (κ2) is 5.52. The molecule has 2 saturated carbocycles. The van der Waals surface area contributed by atoms with Crippen LogP contribution in [0.3, 0.4) is 0 Å². The summed E-state index contributed by atoms with van der Waals surface area (Å²) in [5.74, 6) is 1.70. The van der Waals surface area contributed by atoms with Crippen LogP contribution in [-0.2, 0) is 0 Å². The smallest absolute Gasteiger partial charge is 0.0145 e. The quantitative estimate of drug-likeness (QED) is 0.837. The number of rotatable bonds is 3. The molecule has 0 bridgehead atoms. The van der Waals surface area contributed by atoms with E-state index in [1.54, 1.807) is 0 Å². The summed E-state index contributed by atoms with van der Waals surface area (Å²) in [6.07, 6.45) is 6.90. The van der Waals surface area contributed by atoms with Crippen molar-refractivity contribution in [3.8, 4) is 0 Å². The van der Waals surface area contributed by atoms with Crippen LogP contribution >= 0.6 is 0 Å². The van der Waals surface area contributed by atoms with Crippen molar-refractivity contribution in [1.82, 2.24) is 5.32 Å². The molecule has 3 rings (SSSR count). The third-order valence-electron chi connectivity index (χ3n) is 5.42. The van der Waals surface area contributed by atoms with Gasteiger partial charge in [-0.15, -0.1) is 0 Å². The van der Waals surface area contributed by atoms with E-state index in [1.807, 2.05) is 0 Å². The van der Waals surface area contributed by atoms with E-state index in [-0.39, 0.29) is 0 Å². The predicted octanol–water partition coefficient (Wildman–Crippen LogP) is 4.74. The summed E-state index contributed by atoms with van der Waals surface area (Å²) < 4.78 is 0. The molecular formula is C19H29N. The van der Waals surface area contributed by atoms with E-state index < -0.39 is 0 Å². The molecule has 2 atom stereocenters. The van der Waals surface area contributed by atoms with Crippen LogP contribution in [0.5, 0.6) is 0 Å². The van der Waals surface area contributed by atoms with Crippen molar-refractivity contribution in [2.45, 2.75) is 70.9 Å². The zero-order valence-corrected chi connectivity index (χ0v) is 13.2. The van der Waals surface area contributed by atoms with Crippen LogP contribution < -0.4 is 5.32 Å². The molecule has 1 aromatic rings. The first kappa shape index (κ1) is 14.1. The Kier molecular flexibility index (Phi) is 3.90. The van der Waals surface area contributed by atoms with Gasteiger partial charge in [-0.05, 0) is 49.0 Å². The lowest BCUT2D eigenvalue weighted by molar-refractivity contribution is 0.159. The Morgan fingerprint density at radius 2 is 1.60 bits per heavy atom. The molecule has 0 aliphatic heterocycles. The number of benzene rings is 1. The van der Waals surface area contributed by atoms with Crippen molar-refractivity contribution >= 4 is 0 Å². The van der Waals surface area contributed by atoms with Crippen LogP contribution in [0, 0.1) is 11.3 Å². The van der Waals surface area contributed by atoms with E-state index >= 15 is 0 Å². The van der Waals surface area contributed by atoms with E-state index in [2.05, 4.69) is 56.4 Å². The number of hydrogen-bond donors (Lipinski definition) is 1. The maximum Gasteiger partial charge on any atom is 0.0145 e. The van der Waals surface area contributed by atoms with Crippen LogP contribution in [0.4, 0.5) is 0 Å². The Balaban J connectivity index is 1.46. The normalized spacial score (nSPS) is 34.0. The molecular weight excluding hydrogens is 242 g/mol. The van der Waals surface area contributed by atoms with Crippen molar-refractivity contribution < 1.29 is 0 Å². The van der Waals surface area contributed by atoms with Crippen molar-refractivity contribution in [2.75, 3.05) is 0 Å². The SMILES string of the molecule is CC(C)(C)C1CCC(NC2CC2c2ccccc2)CC1. The Hall–Kier alpha value is -0.820. The molecule has 0 amide bonds. The van der Waals surface area contributed by atoms with Gasteiger partial charge in [0.1, 0.15) is 0 Å². The molecule has 2 aliphatic carbocycles. The molecule has 2 fully saturated rings. The summed E-state index contributed by atoms with van der Waals surface area (Å²) in [6, 6.07) is 12.5. The largest absolute Gasteiger partial charge is 0.311 e. The summed E-state index contributed by atoms with van der Waals surface area (Å²) in [7, 11) is 0. The van der Waals surface area contributed by atoms with Gasteiger partial charge in [-0.25, -0.2) is 0 Å². The summed E-state index contributed by atoms with van der Waals surface area (Å²) in [4.78, 5) is 0. The molecule has 0 spiro atoms. The summed E-state index contributed by atoms with van der Waals surface area (Å²) in [5, 5.41) is 3.91. The minimum atomic E-state index is 0.497. The van der Waals surface area contributed by atoms with E-state index in [0.29, 0.717) is 5.41 Å². The van der Waals surface area contributed by atoms with Crippen molar-refractivity contribution in [2.24, 2.45) is 11.3 Å². The van der Waals surface area contributed by atoms with Crippen LogP contribution in [0.15, 0.2) is 30.3 Å². The van der Waals surface area contributed by atoms with Gasteiger partial charge in [-0.1, -0.05) is 51.1 Å². The van der Waals surface area contributed by atoms with Gasteiger partial charge in [-0.3, -0.25) is 0 Å². The first-order valence-electron chi connectivity index (χ1n) is 8.35. The summed E-state index contributed by atoms with van der Waals surface area (Å²) in [6.45, 7) is 7.20. The summed E-state index contributed by atoms with van der Waals surface area (Å²) >= 11 is 0. The minimum Gasteiger partial charge on any atom is -0.311 e. The first-order valence-corrected chi connectivity index (χ1v) is 8.35. The maximum absolute atomic E-state index is 3.91. The standard InChI is InChI=1S/C19H29N/c1-19(2,3)15-9-11-16(12-10-15)20-18-13-17(18)14-7-5-4-6-8-14/h4-8,15-18,20H,9-13H2,1-3H3. The van der Waals surface area contributed by atoms with Crippen molar-refractivity contribution in [3.05, 3.63) is 35.9 Å². The van der Waals surface area contributed by atoms with Crippen LogP contribution in [-0.4, -0.2) is 12.1 Å². The lowest BCUT2D eigenvalue weighted by Gasteiger charge is -2.37. The molecule has 0 aromatic heterocycles. The first-order chi connectivity index (χ1) is 9.54. The van der Waals surface area contributed by atoms with E-state index in [9.17, 15) is 0 Å². The second-order valence-corrected chi connectivity index (χ2v) is 7.94. The second-order valence-electron chi connectivity index (χ2n) is 7.94. The number of hydrogen-bond acceptors (Lipinski definition) is 1. The summed E-state index contributed by atoms with van der Waals surface area (Å²) in [5.41, 5.74) is 2.02. The molecule has 0 radical (unpaired) electrons. The third-order valence-corrected chi connectivity index (χ3v) is 5.42. The lowest BCUT2D eigenvalue weighted by Crippen LogP contribution is -2.37. The van der Waals surface area contributed by atoms with E-state index in [0.717, 1.165) is 23.9 Å². The zero-order chi connectivity index (χ0) is 14.2. The number of nitrogens with one attached hydrogen (secondary N) is 1. The molecule has 2 aliphatic rings. The van der Waals surface area contributed by atoms with E-state index in [4.69, 9.17) is 0 Å². The van der Waals surface area contributed by atoms with Gasteiger partial charge in [0.15, 0.2) is 0 Å². The van der Waals surface area contributed by atoms with Gasteiger partial charge in [0.2, 0.25) is 0 Å². The molecule has 1 aromatic carbocycles. The highest BCUT2D eigenvalue weighted by Gasteiger charge is 2.40. The highest BCUT2D eigenvalue weighted by molar-refractivity contribution is 5.27.